The molecule has 0 spiro atoms. The molecule has 5 nitrogen and oxygen atoms in total. The van der Waals surface area contributed by atoms with Crippen LogP contribution in [0.15, 0.2) is 180 Å². The van der Waals surface area contributed by atoms with Crippen LogP contribution in [0.2, 0.25) is 0 Å². The average molecular weight is 679 g/mol. The Morgan fingerprint density at radius 3 is 2.15 bits per heavy atom. The highest BCUT2D eigenvalue weighted by Gasteiger charge is 2.23. The predicted molar refractivity (Wildman–Crippen MR) is 217 cm³/mol. The number of aromatic nitrogens is 4. The van der Waals surface area contributed by atoms with Crippen molar-refractivity contribution < 1.29 is 4.42 Å². The van der Waals surface area contributed by atoms with Gasteiger partial charge in [-0.25, -0.2) is 4.98 Å². The zero-order chi connectivity index (χ0) is 34.9. The van der Waals surface area contributed by atoms with Gasteiger partial charge in [0, 0.05) is 55.5 Å². The van der Waals surface area contributed by atoms with E-state index in [1.165, 1.54) is 10.8 Å². The first-order valence-electron chi connectivity index (χ1n) is 17.8. The number of nitrogens with one attached hydrogen (secondary N) is 1. The third-order valence-corrected chi connectivity index (χ3v) is 10.4. The number of furan rings is 1. The summed E-state index contributed by atoms with van der Waals surface area (Å²) in [4.78, 5) is 14.2. The van der Waals surface area contributed by atoms with Crippen LogP contribution >= 0.6 is 0 Å². The first-order valence-corrected chi connectivity index (χ1v) is 17.8. The lowest BCUT2D eigenvalue weighted by Crippen LogP contribution is -2.00. The third kappa shape index (κ3) is 4.57. The first kappa shape index (κ1) is 29.5. The topological polar surface area (TPSA) is 59.6 Å². The van der Waals surface area contributed by atoms with Crippen LogP contribution < -0.4 is 0 Å². The summed E-state index contributed by atoms with van der Waals surface area (Å²) < 4.78 is 8.87. The van der Waals surface area contributed by atoms with Gasteiger partial charge in [-0.05, 0) is 65.7 Å². The quantitative estimate of drug-likeness (QED) is 0.197. The second-order valence-corrected chi connectivity index (χ2v) is 13.4. The highest BCUT2D eigenvalue weighted by molar-refractivity contribution is 6.15. The molecule has 0 fully saturated rings. The van der Waals surface area contributed by atoms with Crippen molar-refractivity contribution in [2.45, 2.75) is 0 Å². The van der Waals surface area contributed by atoms with E-state index in [1.54, 1.807) is 0 Å². The molecule has 0 saturated heterocycles. The summed E-state index contributed by atoms with van der Waals surface area (Å²) in [6.07, 6.45) is 1.85. The fraction of sp³-hybridized carbons (Fsp3) is 0. The number of hydrogen-bond acceptors (Lipinski definition) is 3. The van der Waals surface area contributed by atoms with E-state index in [1.807, 2.05) is 30.5 Å². The van der Waals surface area contributed by atoms with Gasteiger partial charge < -0.3 is 9.40 Å². The fourth-order valence-electron chi connectivity index (χ4n) is 8.08. The van der Waals surface area contributed by atoms with Crippen LogP contribution in [-0.2, 0) is 0 Å². The molecule has 0 saturated carbocycles. The van der Waals surface area contributed by atoms with Gasteiger partial charge in [-0.3, -0.25) is 9.55 Å². The van der Waals surface area contributed by atoms with Crippen LogP contribution in [-0.4, -0.2) is 19.5 Å². The maximum Gasteiger partial charge on any atom is 0.147 e. The van der Waals surface area contributed by atoms with Crippen molar-refractivity contribution in [3.63, 3.8) is 0 Å². The second kappa shape index (κ2) is 11.7. The number of hydrogen-bond donors (Lipinski definition) is 1. The lowest BCUT2D eigenvalue weighted by Gasteiger charge is -2.15. The molecule has 11 rings (SSSR count). The number of aromatic amines is 1. The maximum atomic E-state index is 6.54. The van der Waals surface area contributed by atoms with Crippen molar-refractivity contribution in [2.24, 2.45) is 0 Å². The molecule has 0 atom stereocenters. The van der Waals surface area contributed by atoms with Crippen LogP contribution in [0.5, 0.6) is 0 Å². The Morgan fingerprint density at radius 1 is 0.509 bits per heavy atom. The maximum absolute atomic E-state index is 6.54. The van der Waals surface area contributed by atoms with E-state index < -0.39 is 0 Å². The lowest BCUT2D eigenvalue weighted by atomic mass is 9.96. The first-order chi connectivity index (χ1) is 26.3. The second-order valence-electron chi connectivity index (χ2n) is 13.4. The SMILES string of the molecule is c1ccc(-c2ccccc2-n2c(-c3cccc4c3[nH]c3ccccc34)nc3c(-c4cc(-c5ccccn5)c5c(c4)oc4ccccc45)cccc32)cc1. The van der Waals surface area contributed by atoms with Crippen molar-refractivity contribution in [1.82, 2.24) is 19.5 Å². The van der Waals surface area contributed by atoms with Crippen molar-refractivity contribution in [3.05, 3.63) is 176 Å². The number of H-pyrrole nitrogens is 1. The standard InChI is InChI=1S/C48H30N4O/c1-2-14-30(15-3-1)32-16-5-8-24-41(32)52-42-25-13-19-33(47(42)51-48(52)37-21-12-20-35-34-17-4-7-23-40(34)50-46(35)37)31-28-38(39-22-10-11-27-49-39)45-36-18-6-9-26-43(36)53-44(45)29-31/h1-29,50H. The lowest BCUT2D eigenvalue weighted by molar-refractivity contribution is 0.669. The van der Waals surface area contributed by atoms with E-state index in [9.17, 15) is 0 Å². The Morgan fingerprint density at radius 2 is 1.25 bits per heavy atom. The Hall–Kier alpha value is -7.24. The van der Waals surface area contributed by atoms with Crippen LogP contribution in [0.1, 0.15) is 0 Å². The molecule has 4 heterocycles. The van der Waals surface area contributed by atoms with Crippen molar-refractivity contribution in [3.8, 4) is 50.6 Å². The molecule has 5 heteroatoms. The molecular weight excluding hydrogens is 649 g/mol. The van der Waals surface area contributed by atoms with Crippen molar-refractivity contribution in [2.75, 3.05) is 0 Å². The number of pyridine rings is 1. The highest BCUT2D eigenvalue weighted by atomic mass is 16.3. The van der Waals surface area contributed by atoms with Crippen LogP contribution in [0.25, 0.3) is 105 Å². The molecule has 0 unspecified atom stereocenters. The zero-order valence-electron chi connectivity index (χ0n) is 28.5. The minimum absolute atomic E-state index is 0.818. The average Bonchev–Trinajstić information content (AvgIpc) is 3.92. The number of para-hydroxylation sites is 5. The summed E-state index contributed by atoms with van der Waals surface area (Å²) >= 11 is 0. The highest BCUT2D eigenvalue weighted by Crippen LogP contribution is 2.43. The molecule has 0 amide bonds. The smallest absolute Gasteiger partial charge is 0.147 e. The van der Waals surface area contributed by atoms with E-state index in [4.69, 9.17) is 14.4 Å². The molecule has 7 aromatic carbocycles. The number of fused-ring (bicyclic) bond motifs is 7. The Kier molecular flexibility index (Phi) is 6.48. The fourth-order valence-corrected chi connectivity index (χ4v) is 8.08. The minimum atomic E-state index is 0.818. The zero-order valence-corrected chi connectivity index (χ0v) is 28.5. The van der Waals surface area contributed by atoms with Crippen molar-refractivity contribution >= 4 is 54.8 Å². The number of imidazole rings is 1. The predicted octanol–water partition coefficient (Wildman–Crippen LogP) is 12.6. The van der Waals surface area contributed by atoms with Gasteiger partial charge in [0.1, 0.15) is 17.0 Å². The van der Waals surface area contributed by atoms with E-state index in [-0.39, 0.29) is 0 Å². The van der Waals surface area contributed by atoms with E-state index in [2.05, 4.69) is 155 Å². The van der Waals surface area contributed by atoms with Gasteiger partial charge in [0.25, 0.3) is 0 Å². The summed E-state index contributed by atoms with van der Waals surface area (Å²) in [5.41, 5.74) is 14.1. The summed E-state index contributed by atoms with van der Waals surface area (Å²) in [7, 11) is 0. The molecule has 53 heavy (non-hydrogen) atoms. The van der Waals surface area contributed by atoms with Gasteiger partial charge in [-0.2, -0.15) is 0 Å². The molecule has 0 bridgehead atoms. The molecule has 0 aliphatic carbocycles. The summed E-state index contributed by atoms with van der Waals surface area (Å²) in [5, 5.41) is 4.49. The molecule has 4 aromatic heterocycles. The number of benzene rings is 7. The molecule has 1 N–H and O–H groups in total. The largest absolute Gasteiger partial charge is 0.456 e. The van der Waals surface area contributed by atoms with Gasteiger partial charge in [0.2, 0.25) is 0 Å². The monoisotopic (exact) mass is 678 g/mol. The molecule has 0 radical (unpaired) electrons. The molecule has 0 aliphatic rings. The Labute approximate surface area is 304 Å². The van der Waals surface area contributed by atoms with E-state index >= 15 is 0 Å². The number of rotatable bonds is 5. The summed E-state index contributed by atoms with van der Waals surface area (Å²) in [6.45, 7) is 0. The molecule has 11 aromatic rings. The molecule has 248 valence electrons. The van der Waals surface area contributed by atoms with Crippen LogP contribution in [0.4, 0.5) is 0 Å². The van der Waals surface area contributed by atoms with Gasteiger partial charge in [-0.1, -0.05) is 115 Å². The van der Waals surface area contributed by atoms with E-state index in [0.29, 0.717) is 0 Å². The van der Waals surface area contributed by atoms with Crippen LogP contribution in [0.3, 0.4) is 0 Å². The van der Waals surface area contributed by atoms with Gasteiger partial charge in [0.05, 0.1) is 27.9 Å². The number of nitrogens with zero attached hydrogens (tertiary/aromatic N) is 3. The third-order valence-electron chi connectivity index (χ3n) is 10.4. The Balaban J connectivity index is 1.24. The van der Waals surface area contributed by atoms with Gasteiger partial charge in [0.15, 0.2) is 0 Å². The molecular formula is C48H30N4O. The van der Waals surface area contributed by atoms with Gasteiger partial charge >= 0.3 is 0 Å². The van der Waals surface area contributed by atoms with Crippen LogP contribution in [0, 0.1) is 0 Å². The molecule has 0 aliphatic heterocycles. The Bertz CT molecular complexity index is 3170. The summed E-state index contributed by atoms with van der Waals surface area (Å²) in [5.74, 6) is 0.864. The normalized spacial score (nSPS) is 11.8. The van der Waals surface area contributed by atoms with Gasteiger partial charge in [-0.15, -0.1) is 0 Å². The summed E-state index contributed by atoms with van der Waals surface area (Å²) in [6, 6.07) is 59.4. The minimum Gasteiger partial charge on any atom is -0.456 e. The van der Waals surface area contributed by atoms with E-state index in [0.717, 1.165) is 94.6 Å². The van der Waals surface area contributed by atoms with Crippen molar-refractivity contribution in [1.29, 1.82) is 0 Å².